The molecular formula is C57H118O6P+. The van der Waals surface area contributed by atoms with Crippen LogP contribution in [0, 0.1) is 0 Å². The second kappa shape index (κ2) is 48.2. The summed E-state index contributed by atoms with van der Waals surface area (Å²) in [5, 5.41) is 23.1. The Balaban J connectivity index is 4.91. The van der Waals surface area contributed by atoms with Crippen LogP contribution in [0.1, 0.15) is 348 Å². The first kappa shape index (κ1) is 64.2. The second-order valence-corrected chi connectivity index (χ2v) is 22.2. The Morgan fingerprint density at radius 3 is 0.625 bits per heavy atom. The molecule has 5 N–H and O–H groups in total. The smallest absolute Gasteiger partial charge is 0.393 e. The van der Waals surface area contributed by atoms with Crippen LogP contribution in [0.5, 0.6) is 0 Å². The highest BCUT2D eigenvalue weighted by molar-refractivity contribution is 7.53. The van der Waals surface area contributed by atoms with E-state index in [4.69, 9.17) is 4.52 Å². The molecule has 0 rings (SSSR count). The van der Waals surface area contributed by atoms with E-state index in [0.29, 0.717) is 19.3 Å². The average molecular weight is 931 g/mol. The van der Waals surface area contributed by atoms with Gasteiger partial charge in [0.05, 0.1) is 6.61 Å². The molecule has 0 aromatic carbocycles. The van der Waals surface area contributed by atoms with Gasteiger partial charge in [0.2, 0.25) is 0 Å². The molecule has 7 heteroatoms. The molecule has 0 heterocycles. The van der Waals surface area contributed by atoms with Gasteiger partial charge in [-0.15, -0.1) is 4.52 Å². The van der Waals surface area contributed by atoms with E-state index in [0.717, 1.165) is 57.8 Å². The topological polar surface area (TPSA) is 110 Å². The van der Waals surface area contributed by atoms with E-state index in [1.807, 2.05) is 0 Å². The molecule has 1 atom stereocenters. The number of aliphatic hydroxyl groups is 2. The van der Waals surface area contributed by atoms with Crippen molar-refractivity contribution < 1.29 is 29.4 Å². The van der Waals surface area contributed by atoms with Crippen molar-refractivity contribution in [2.24, 2.45) is 0 Å². The normalized spacial score (nSPS) is 13.3. The van der Waals surface area contributed by atoms with Gasteiger partial charge in [0, 0.05) is 0 Å². The average Bonchev–Trinajstić information content (AvgIpc) is 3.27. The lowest BCUT2D eigenvalue weighted by molar-refractivity contribution is -0.181. The first-order valence-corrected chi connectivity index (χ1v) is 30.9. The van der Waals surface area contributed by atoms with Crippen LogP contribution >= 0.6 is 8.17 Å². The molecule has 1 unspecified atom stereocenters. The molecule has 0 aliphatic carbocycles. The van der Waals surface area contributed by atoms with Crippen molar-refractivity contribution in [3.63, 3.8) is 0 Å². The Kier molecular flexibility index (Phi) is 48.4. The minimum absolute atomic E-state index is 0.333. The molecule has 0 aliphatic heterocycles. The van der Waals surface area contributed by atoms with Gasteiger partial charge < -0.3 is 10.2 Å². The van der Waals surface area contributed by atoms with E-state index in [1.54, 1.807) is 0 Å². The quantitative estimate of drug-likeness (QED) is 0.0307. The Morgan fingerprint density at radius 1 is 0.281 bits per heavy atom. The van der Waals surface area contributed by atoms with Crippen molar-refractivity contribution >= 4 is 8.17 Å². The van der Waals surface area contributed by atoms with Gasteiger partial charge in [-0.05, 0) is 19.3 Å². The van der Waals surface area contributed by atoms with Crippen molar-refractivity contribution in [2.75, 3.05) is 6.61 Å². The fourth-order valence-electron chi connectivity index (χ4n) is 10.3. The Labute approximate surface area is 402 Å². The van der Waals surface area contributed by atoms with Crippen molar-refractivity contribution in [2.45, 2.75) is 359 Å². The lowest BCUT2D eigenvalue weighted by atomic mass is 9.73. The number of hydrogen-bond donors (Lipinski definition) is 5. The van der Waals surface area contributed by atoms with Crippen LogP contribution < -0.4 is 0 Å². The van der Waals surface area contributed by atoms with E-state index in [-0.39, 0.29) is 0 Å². The summed E-state index contributed by atoms with van der Waals surface area (Å²) in [5.41, 5.74) is -3.04. The monoisotopic (exact) mass is 930 g/mol. The molecule has 0 amide bonds. The van der Waals surface area contributed by atoms with Crippen LogP contribution in [0.2, 0.25) is 0 Å². The summed E-state index contributed by atoms with van der Waals surface area (Å²) in [7, 11) is -4.68. The van der Waals surface area contributed by atoms with Gasteiger partial charge in [-0.3, -0.25) is 0 Å². The number of rotatable bonds is 55. The zero-order valence-electron chi connectivity index (χ0n) is 43.9. The first-order chi connectivity index (χ1) is 31.2. The third-order valence-electron chi connectivity index (χ3n) is 14.7. The molecule has 386 valence electrons. The lowest BCUT2D eigenvalue weighted by Crippen LogP contribution is -2.58. The Hall–Kier alpha value is 0.190. The van der Waals surface area contributed by atoms with Gasteiger partial charge in [-0.25, -0.2) is 0 Å². The summed E-state index contributed by atoms with van der Waals surface area (Å²) in [6.07, 6.45) is 62.0. The van der Waals surface area contributed by atoms with Gasteiger partial charge in [-0.1, -0.05) is 329 Å². The summed E-state index contributed by atoms with van der Waals surface area (Å²) in [6.45, 7) is 6.33. The van der Waals surface area contributed by atoms with Gasteiger partial charge in [-0.2, -0.15) is 14.7 Å². The van der Waals surface area contributed by atoms with Gasteiger partial charge >= 0.3 is 8.17 Å². The van der Waals surface area contributed by atoms with Gasteiger partial charge in [0.1, 0.15) is 5.60 Å². The van der Waals surface area contributed by atoms with E-state index in [2.05, 4.69) is 20.8 Å². The Bertz CT molecular complexity index is 862. The fourth-order valence-corrected chi connectivity index (χ4v) is 11.2. The molecule has 0 saturated heterocycles. The molecule has 0 saturated carbocycles. The SMILES string of the molecule is CCCCCCCCCCCCCCCCCCC(O)(CO)C(CCCCCCCCCCCCCCCCCC)(CCCCCCCCCCCCCCCCCC)O[P+](O)(O)O. The summed E-state index contributed by atoms with van der Waals surface area (Å²) in [6, 6.07) is 0. The molecule has 0 bridgehead atoms. The van der Waals surface area contributed by atoms with Crippen LogP contribution in [-0.2, 0) is 4.52 Å². The zero-order chi connectivity index (χ0) is 47.0. The van der Waals surface area contributed by atoms with Gasteiger partial charge in [0.25, 0.3) is 0 Å². The molecule has 0 aromatic rings. The predicted molar refractivity (Wildman–Crippen MR) is 282 cm³/mol. The minimum Gasteiger partial charge on any atom is -0.393 e. The van der Waals surface area contributed by atoms with E-state index in [1.165, 1.54) is 250 Å². The molecular weight excluding hydrogens is 812 g/mol. The number of hydrogen-bond acceptors (Lipinski definition) is 6. The van der Waals surface area contributed by atoms with Crippen LogP contribution in [-0.4, -0.2) is 42.7 Å². The fraction of sp³-hybridized carbons (Fsp3) is 1.00. The van der Waals surface area contributed by atoms with Crippen LogP contribution in [0.25, 0.3) is 0 Å². The van der Waals surface area contributed by atoms with Crippen molar-refractivity contribution in [1.29, 1.82) is 0 Å². The van der Waals surface area contributed by atoms with E-state index in [9.17, 15) is 24.9 Å². The summed E-state index contributed by atoms with van der Waals surface area (Å²) in [5.74, 6) is 0. The molecule has 0 aromatic heterocycles. The highest BCUT2D eigenvalue weighted by Crippen LogP contribution is 2.56. The maximum Gasteiger partial charge on any atom is 0.568 e. The zero-order valence-corrected chi connectivity index (χ0v) is 44.8. The number of aliphatic hydroxyl groups excluding tert-OH is 1. The van der Waals surface area contributed by atoms with Crippen molar-refractivity contribution in [3.05, 3.63) is 0 Å². The van der Waals surface area contributed by atoms with Crippen molar-refractivity contribution in [1.82, 2.24) is 0 Å². The van der Waals surface area contributed by atoms with E-state index < -0.39 is 26.0 Å². The van der Waals surface area contributed by atoms with E-state index >= 15 is 0 Å². The third kappa shape index (κ3) is 41.2. The third-order valence-corrected chi connectivity index (χ3v) is 15.3. The largest absolute Gasteiger partial charge is 0.568 e. The van der Waals surface area contributed by atoms with Crippen LogP contribution in [0.15, 0.2) is 0 Å². The molecule has 0 fully saturated rings. The number of unbranched alkanes of at least 4 members (excludes halogenated alkanes) is 45. The minimum atomic E-state index is -4.68. The van der Waals surface area contributed by atoms with Crippen LogP contribution in [0.4, 0.5) is 0 Å². The molecule has 0 aliphatic rings. The molecule has 0 radical (unpaired) electrons. The first-order valence-electron chi connectivity index (χ1n) is 29.3. The maximum absolute atomic E-state index is 12.3. The Morgan fingerprint density at radius 2 is 0.453 bits per heavy atom. The van der Waals surface area contributed by atoms with Crippen LogP contribution in [0.3, 0.4) is 0 Å². The summed E-state index contributed by atoms with van der Waals surface area (Å²) < 4.78 is 5.88. The summed E-state index contributed by atoms with van der Waals surface area (Å²) in [4.78, 5) is 31.2. The molecule has 64 heavy (non-hydrogen) atoms. The predicted octanol–water partition coefficient (Wildman–Crippen LogP) is 19.1. The summed E-state index contributed by atoms with van der Waals surface area (Å²) >= 11 is 0. The van der Waals surface area contributed by atoms with Gasteiger partial charge in [0.15, 0.2) is 5.60 Å². The maximum atomic E-state index is 12.3. The standard InChI is InChI=1S/C57H118O6P/c1-4-7-10-13-16-19-22-25-28-31-34-37-40-43-46-49-52-56(59,55-58)57(63-64(60,61)62,53-50-47-44-41-38-35-32-29-26-23-20-17-14-11-8-5-2)54-51-48-45-42-39-36-33-30-27-24-21-18-15-12-9-6-3/h58-62H,4-55H2,1-3H3/q+1. The highest BCUT2D eigenvalue weighted by Gasteiger charge is 2.58. The molecule has 6 nitrogen and oxygen atoms in total. The highest BCUT2D eigenvalue weighted by atomic mass is 31.2. The lowest BCUT2D eigenvalue weighted by Gasteiger charge is -2.44. The molecule has 0 spiro atoms. The second-order valence-electron chi connectivity index (χ2n) is 20.9. The van der Waals surface area contributed by atoms with Crippen molar-refractivity contribution in [3.8, 4) is 0 Å².